The molecule has 7 aliphatic rings. The SMILES string of the molecule is c1cc2c3c(c1)Oc1ccc4c5c1C3(NCO2)[n+]1ccc[n+]2c1C5c1c-4ccc3c1C21NCOc2cccc(c21)O3. The maximum Gasteiger partial charge on any atom is 0.434 e. The molecule has 1 aliphatic carbocycles. The number of hydrogen-bond acceptors (Lipinski definition) is 6. The van der Waals surface area contributed by atoms with E-state index in [4.69, 9.17) is 18.9 Å². The molecule has 194 valence electrons. The maximum atomic E-state index is 6.65. The van der Waals surface area contributed by atoms with E-state index in [0.29, 0.717) is 13.5 Å². The van der Waals surface area contributed by atoms with Crippen LogP contribution in [0.4, 0.5) is 0 Å². The van der Waals surface area contributed by atoms with E-state index >= 15 is 0 Å². The van der Waals surface area contributed by atoms with Crippen molar-refractivity contribution in [3.05, 3.63) is 118 Å². The Bertz CT molecular complexity index is 2010. The van der Waals surface area contributed by atoms with Crippen LogP contribution in [0.5, 0.6) is 34.5 Å². The molecule has 8 heteroatoms. The van der Waals surface area contributed by atoms with Crippen LogP contribution in [0.15, 0.2) is 79.1 Å². The summed E-state index contributed by atoms with van der Waals surface area (Å²) in [5, 5.41) is 7.69. The van der Waals surface area contributed by atoms with E-state index in [1.807, 2.05) is 36.4 Å². The molecule has 5 aromatic rings. The van der Waals surface area contributed by atoms with Gasteiger partial charge in [0.25, 0.3) is 11.3 Å². The first-order chi connectivity index (χ1) is 20.3. The Morgan fingerprint density at radius 1 is 0.561 bits per heavy atom. The normalized spacial score (nSPS) is 25.9. The summed E-state index contributed by atoms with van der Waals surface area (Å²) in [4.78, 5) is 0. The van der Waals surface area contributed by atoms with Crippen LogP contribution in [-0.2, 0) is 11.3 Å². The van der Waals surface area contributed by atoms with Gasteiger partial charge in [-0.15, -0.1) is 9.13 Å². The highest BCUT2D eigenvalue weighted by Crippen LogP contribution is 2.65. The summed E-state index contributed by atoms with van der Waals surface area (Å²) < 4.78 is 30.6. The molecule has 0 bridgehead atoms. The van der Waals surface area contributed by atoms with Gasteiger partial charge in [0, 0.05) is 11.1 Å². The minimum Gasteiger partial charge on any atom is -0.477 e. The third-order valence-electron chi connectivity index (χ3n) is 10.2. The Labute approximate surface area is 233 Å². The lowest BCUT2D eigenvalue weighted by Gasteiger charge is -2.46. The lowest BCUT2D eigenvalue weighted by atomic mass is 9.71. The summed E-state index contributed by atoms with van der Waals surface area (Å²) >= 11 is 0. The summed E-state index contributed by atoms with van der Waals surface area (Å²) in [6.45, 7) is 0.762. The van der Waals surface area contributed by atoms with Crippen molar-refractivity contribution in [2.24, 2.45) is 0 Å². The van der Waals surface area contributed by atoms with Crippen molar-refractivity contribution in [3.63, 3.8) is 0 Å². The second kappa shape index (κ2) is 6.05. The molecule has 0 saturated carbocycles. The molecule has 8 nitrogen and oxygen atoms in total. The lowest BCUT2D eigenvalue weighted by molar-refractivity contribution is -0.887. The second-order valence-electron chi connectivity index (χ2n) is 11.6. The summed E-state index contributed by atoms with van der Waals surface area (Å²) in [7, 11) is 0. The highest BCUT2D eigenvalue weighted by Gasteiger charge is 2.72. The zero-order valence-corrected chi connectivity index (χ0v) is 21.5. The fourth-order valence-corrected chi connectivity index (χ4v) is 8.99. The van der Waals surface area contributed by atoms with Gasteiger partial charge < -0.3 is 18.9 Å². The van der Waals surface area contributed by atoms with Crippen molar-refractivity contribution in [1.29, 1.82) is 0 Å². The van der Waals surface area contributed by atoms with Gasteiger partial charge in [0.1, 0.15) is 59.1 Å². The van der Waals surface area contributed by atoms with E-state index in [2.05, 4.69) is 62.5 Å². The number of nitrogens with one attached hydrogen (secondary N) is 2. The predicted molar refractivity (Wildman–Crippen MR) is 142 cm³/mol. The minimum absolute atomic E-state index is 0.00580. The molecule has 41 heavy (non-hydrogen) atoms. The number of ether oxygens (including phenoxy) is 4. The number of rotatable bonds is 0. The lowest BCUT2D eigenvalue weighted by Crippen LogP contribution is -2.81. The van der Waals surface area contributed by atoms with Crippen molar-refractivity contribution < 1.29 is 28.1 Å². The van der Waals surface area contributed by atoms with Crippen LogP contribution < -0.4 is 38.7 Å². The molecular formula is C33H20N4O4+2. The van der Waals surface area contributed by atoms with Crippen molar-refractivity contribution in [3.8, 4) is 45.6 Å². The number of fused-ring (bicyclic) bond motifs is 1. The molecular weight excluding hydrogens is 516 g/mol. The monoisotopic (exact) mass is 536 g/mol. The van der Waals surface area contributed by atoms with Crippen LogP contribution in [0.1, 0.15) is 45.1 Å². The highest BCUT2D eigenvalue weighted by atomic mass is 16.5. The van der Waals surface area contributed by atoms with Crippen molar-refractivity contribution >= 4 is 0 Å². The summed E-state index contributed by atoms with van der Waals surface area (Å²) in [5.74, 6) is 6.26. The average Bonchev–Trinajstić information content (AvgIpc) is 3.35. The van der Waals surface area contributed by atoms with E-state index in [1.54, 1.807) is 0 Å². The quantitative estimate of drug-likeness (QED) is 0.289. The van der Waals surface area contributed by atoms with Crippen LogP contribution >= 0.6 is 0 Å². The van der Waals surface area contributed by atoms with Crippen LogP contribution in [0, 0.1) is 0 Å². The van der Waals surface area contributed by atoms with E-state index in [9.17, 15) is 0 Å². The molecule has 0 amide bonds. The van der Waals surface area contributed by atoms with Crippen LogP contribution in [-0.4, -0.2) is 13.5 Å². The zero-order chi connectivity index (χ0) is 26.2. The van der Waals surface area contributed by atoms with Gasteiger partial charge in [0.05, 0.1) is 17.2 Å². The number of hydrogen-bond donors (Lipinski definition) is 2. The largest absolute Gasteiger partial charge is 0.477 e. The molecule has 6 aliphatic heterocycles. The highest BCUT2D eigenvalue weighted by molar-refractivity contribution is 5.88. The fraction of sp³-hybridized carbons (Fsp3) is 0.152. The molecule has 2 atom stereocenters. The molecule has 7 heterocycles. The first-order valence-electron chi connectivity index (χ1n) is 14.0. The molecule has 4 aromatic carbocycles. The molecule has 2 spiro atoms. The average molecular weight is 537 g/mol. The van der Waals surface area contributed by atoms with Crippen LogP contribution in [0.2, 0.25) is 0 Å². The van der Waals surface area contributed by atoms with Gasteiger partial charge in [-0.05, 0) is 47.5 Å². The van der Waals surface area contributed by atoms with Crippen LogP contribution in [0.25, 0.3) is 11.1 Å². The Balaban J connectivity index is 1.34. The number of aromatic nitrogens is 2. The molecule has 1 aromatic heterocycles. The first kappa shape index (κ1) is 20.0. The molecule has 12 rings (SSSR count). The van der Waals surface area contributed by atoms with Gasteiger partial charge >= 0.3 is 5.82 Å². The topological polar surface area (TPSA) is 68.7 Å². The van der Waals surface area contributed by atoms with Crippen molar-refractivity contribution in [2.75, 3.05) is 13.5 Å². The smallest absolute Gasteiger partial charge is 0.434 e. The van der Waals surface area contributed by atoms with Crippen LogP contribution in [0.3, 0.4) is 0 Å². The molecule has 2 unspecified atom stereocenters. The Hall–Kier alpha value is -4.92. The van der Waals surface area contributed by atoms with Gasteiger partial charge in [-0.2, -0.15) is 0 Å². The number of nitrogens with zero attached hydrogens (tertiary/aromatic N) is 2. The maximum absolute atomic E-state index is 6.65. The van der Waals surface area contributed by atoms with E-state index in [1.165, 1.54) is 28.1 Å². The van der Waals surface area contributed by atoms with Crippen molar-refractivity contribution in [1.82, 2.24) is 10.6 Å². The second-order valence-corrected chi connectivity index (χ2v) is 11.6. The standard InChI is InChI=1S/C33H20N4O4/c1-4-18-27-20(6-1)40-22-10-8-16-17-9-11-23-30-25(17)26-24(16)29(22)32(27,34-14-38-18)36-12-3-13-37(31(26)36)33(30)28-19(39-15-35-33)5-2-7-21(28)41-23/h1-13,26,34-35H,14-15H2/q+2. The molecule has 2 N–H and O–H groups in total. The third-order valence-corrected chi connectivity index (χ3v) is 10.2. The third kappa shape index (κ3) is 1.82. The first-order valence-corrected chi connectivity index (χ1v) is 14.0. The van der Waals surface area contributed by atoms with E-state index in [0.717, 1.165) is 56.8 Å². The summed E-state index contributed by atoms with van der Waals surface area (Å²) in [6.07, 6.45) is 4.43. The van der Waals surface area contributed by atoms with Gasteiger partial charge in [-0.25, -0.2) is 10.6 Å². The summed E-state index contributed by atoms with van der Waals surface area (Å²) in [5.41, 5.74) is 8.03. The Morgan fingerprint density at radius 3 is 1.59 bits per heavy atom. The van der Waals surface area contributed by atoms with Gasteiger partial charge in [-0.1, -0.05) is 24.3 Å². The van der Waals surface area contributed by atoms with Gasteiger partial charge in [0.2, 0.25) is 0 Å². The predicted octanol–water partition coefficient (Wildman–Crippen LogP) is 3.64. The van der Waals surface area contributed by atoms with E-state index < -0.39 is 11.3 Å². The Kier molecular flexibility index (Phi) is 2.95. The Morgan fingerprint density at radius 2 is 1.05 bits per heavy atom. The van der Waals surface area contributed by atoms with E-state index in [-0.39, 0.29) is 5.92 Å². The summed E-state index contributed by atoms with van der Waals surface area (Å²) in [6, 6.07) is 23.1. The number of benzene rings is 4. The van der Waals surface area contributed by atoms with Gasteiger partial charge in [-0.3, -0.25) is 0 Å². The fourth-order valence-electron chi connectivity index (χ4n) is 8.99. The zero-order valence-electron chi connectivity index (χ0n) is 21.5. The molecule has 0 radical (unpaired) electrons. The minimum atomic E-state index is -0.699. The molecule has 0 fully saturated rings. The van der Waals surface area contributed by atoms with Crippen molar-refractivity contribution in [2.45, 2.75) is 17.2 Å². The molecule has 0 saturated heterocycles. The van der Waals surface area contributed by atoms with Gasteiger partial charge in [0.15, 0.2) is 18.3 Å².